The van der Waals surface area contributed by atoms with E-state index in [1.54, 1.807) is 0 Å². The normalized spacial score (nSPS) is 15.5. The van der Waals surface area contributed by atoms with Crippen molar-refractivity contribution in [2.45, 2.75) is 17.2 Å². The Bertz CT molecular complexity index is 134. The minimum atomic E-state index is -0.815. The molecule has 0 aliphatic heterocycles. The summed E-state index contributed by atoms with van der Waals surface area (Å²) in [6.07, 6.45) is 1.59. The van der Waals surface area contributed by atoms with Crippen LogP contribution in [0.15, 0.2) is 12.0 Å². The molecule has 66 valence electrons. The summed E-state index contributed by atoms with van der Waals surface area (Å²) in [4.78, 5) is 0. The van der Waals surface area contributed by atoms with Gasteiger partial charge in [-0.1, -0.05) is 0 Å². The van der Waals surface area contributed by atoms with Crippen LogP contribution < -0.4 is 0 Å². The molecule has 2 unspecified atom stereocenters. The lowest BCUT2D eigenvalue weighted by molar-refractivity contribution is 0.189. The van der Waals surface area contributed by atoms with E-state index in [0.29, 0.717) is 12.3 Å². The van der Waals surface area contributed by atoms with Crippen molar-refractivity contribution in [2.24, 2.45) is 0 Å². The van der Waals surface area contributed by atoms with Crippen molar-refractivity contribution in [3.8, 4) is 0 Å². The largest absolute Gasteiger partial charge is 0.481 e. The number of allylic oxidation sites excluding steroid dienone is 1. The molecule has 2 N–H and O–H groups in total. The average Bonchev–Trinajstić information content (AvgIpc) is 1.86. The molecule has 5 heteroatoms. The Morgan fingerprint density at radius 3 is 2.27 bits per heavy atom. The standard InChI is InChI=1S/C6H9Cl3O2/c7-2-1-4(8)5(9)3-6(10)11/h3-5,10-11H,1-2H2. The van der Waals surface area contributed by atoms with Crippen LogP contribution in [0.25, 0.3) is 0 Å². The molecular weight excluding hydrogens is 210 g/mol. The van der Waals surface area contributed by atoms with Gasteiger partial charge in [0.1, 0.15) is 0 Å². The van der Waals surface area contributed by atoms with Crippen LogP contribution in [-0.2, 0) is 0 Å². The van der Waals surface area contributed by atoms with Crippen LogP contribution in [0.2, 0.25) is 0 Å². The van der Waals surface area contributed by atoms with Gasteiger partial charge in [0, 0.05) is 12.0 Å². The third kappa shape index (κ3) is 5.48. The van der Waals surface area contributed by atoms with E-state index in [2.05, 4.69) is 0 Å². The predicted octanol–water partition coefficient (Wildman–Crippen LogP) is 2.79. The van der Waals surface area contributed by atoms with Crippen molar-refractivity contribution in [3.63, 3.8) is 0 Å². The summed E-state index contributed by atoms with van der Waals surface area (Å²) < 4.78 is 0. The molecule has 0 fully saturated rings. The molecule has 0 saturated carbocycles. The molecule has 11 heavy (non-hydrogen) atoms. The van der Waals surface area contributed by atoms with Gasteiger partial charge in [0.05, 0.1) is 10.8 Å². The highest BCUT2D eigenvalue weighted by Gasteiger charge is 2.14. The summed E-state index contributed by atoms with van der Waals surface area (Å²) in [5.41, 5.74) is 0. The van der Waals surface area contributed by atoms with E-state index in [0.717, 1.165) is 6.08 Å². The lowest BCUT2D eigenvalue weighted by Gasteiger charge is -2.09. The second kappa shape index (κ2) is 5.81. The van der Waals surface area contributed by atoms with Crippen LogP contribution in [0, 0.1) is 0 Å². The SMILES string of the molecule is OC(O)=CC(Cl)C(Cl)CCCl. The van der Waals surface area contributed by atoms with Crippen molar-refractivity contribution < 1.29 is 10.2 Å². The molecule has 0 aliphatic carbocycles. The van der Waals surface area contributed by atoms with Gasteiger partial charge in [-0.05, 0) is 6.42 Å². The Hall–Kier alpha value is 0.210. The maximum absolute atomic E-state index is 8.38. The summed E-state index contributed by atoms with van der Waals surface area (Å²) in [6, 6.07) is 0. The molecule has 0 bridgehead atoms. The first-order chi connectivity index (χ1) is 5.07. The molecule has 0 aromatic heterocycles. The van der Waals surface area contributed by atoms with Crippen molar-refractivity contribution in [2.75, 3.05) is 5.88 Å². The quantitative estimate of drug-likeness (QED) is 0.564. The first-order valence-electron chi connectivity index (χ1n) is 3.01. The van der Waals surface area contributed by atoms with Gasteiger partial charge >= 0.3 is 0 Å². The summed E-state index contributed by atoms with van der Waals surface area (Å²) in [5, 5.41) is 15.8. The summed E-state index contributed by atoms with van der Waals surface area (Å²) in [5.74, 6) is -0.414. The minimum absolute atomic E-state index is 0.372. The molecule has 0 spiro atoms. The summed E-state index contributed by atoms with van der Waals surface area (Å²) in [6.45, 7) is 0. The maximum atomic E-state index is 8.38. The predicted molar refractivity (Wildman–Crippen MR) is 48.0 cm³/mol. The van der Waals surface area contributed by atoms with Gasteiger partial charge in [0.25, 0.3) is 5.95 Å². The Kier molecular flexibility index (Phi) is 5.92. The Labute approximate surface area is 80.4 Å². The van der Waals surface area contributed by atoms with Gasteiger partial charge in [-0.25, -0.2) is 0 Å². The molecule has 0 aromatic rings. The zero-order valence-electron chi connectivity index (χ0n) is 5.67. The van der Waals surface area contributed by atoms with Crippen LogP contribution >= 0.6 is 34.8 Å². The molecule has 0 radical (unpaired) electrons. The number of aliphatic hydroxyl groups excluding tert-OH is 1. The zero-order valence-corrected chi connectivity index (χ0v) is 7.94. The smallest absolute Gasteiger partial charge is 0.271 e. The fourth-order valence-corrected chi connectivity index (χ4v) is 1.28. The third-order valence-electron chi connectivity index (χ3n) is 1.04. The Morgan fingerprint density at radius 1 is 1.36 bits per heavy atom. The second-order valence-corrected chi connectivity index (χ2v) is 3.41. The molecule has 0 rings (SSSR count). The van der Waals surface area contributed by atoms with Gasteiger partial charge in [0.2, 0.25) is 0 Å². The topological polar surface area (TPSA) is 40.5 Å². The van der Waals surface area contributed by atoms with E-state index in [-0.39, 0.29) is 5.38 Å². The fraction of sp³-hybridized carbons (Fsp3) is 0.667. The van der Waals surface area contributed by atoms with E-state index in [9.17, 15) is 0 Å². The van der Waals surface area contributed by atoms with E-state index in [1.807, 2.05) is 0 Å². The highest BCUT2D eigenvalue weighted by Crippen LogP contribution is 2.16. The maximum Gasteiger partial charge on any atom is 0.271 e. The van der Waals surface area contributed by atoms with Crippen molar-refractivity contribution in [3.05, 3.63) is 12.0 Å². The molecule has 0 aliphatic rings. The first-order valence-corrected chi connectivity index (χ1v) is 4.42. The number of rotatable bonds is 4. The fourth-order valence-electron chi connectivity index (χ4n) is 0.510. The van der Waals surface area contributed by atoms with Crippen LogP contribution in [0.1, 0.15) is 6.42 Å². The number of hydrogen-bond donors (Lipinski definition) is 2. The average molecular weight is 219 g/mol. The van der Waals surface area contributed by atoms with Gasteiger partial charge in [0.15, 0.2) is 0 Å². The van der Waals surface area contributed by atoms with Crippen LogP contribution in [0.3, 0.4) is 0 Å². The molecule has 0 saturated heterocycles. The van der Waals surface area contributed by atoms with E-state index in [1.165, 1.54) is 0 Å². The molecule has 2 nitrogen and oxygen atoms in total. The minimum Gasteiger partial charge on any atom is -0.481 e. The molecule has 2 atom stereocenters. The summed E-state index contributed by atoms with van der Waals surface area (Å²) in [7, 11) is 0. The van der Waals surface area contributed by atoms with Gasteiger partial charge in [-0.3, -0.25) is 0 Å². The first kappa shape index (κ1) is 11.2. The third-order valence-corrected chi connectivity index (χ3v) is 2.31. The number of hydrogen-bond acceptors (Lipinski definition) is 2. The molecule has 0 amide bonds. The lowest BCUT2D eigenvalue weighted by Crippen LogP contribution is -2.13. The Morgan fingerprint density at radius 2 is 1.91 bits per heavy atom. The van der Waals surface area contributed by atoms with E-state index < -0.39 is 11.3 Å². The Balaban J connectivity index is 3.82. The van der Waals surface area contributed by atoms with Crippen LogP contribution in [0.5, 0.6) is 0 Å². The molecule has 0 aromatic carbocycles. The second-order valence-electron chi connectivity index (χ2n) is 1.96. The van der Waals surface area contributed by atoms with Gasteiger partial charge in [-0.15, -0.1) is 34.8 Å². The van der Waals surface area contributed by atoms with Gasteiger partial charge in [-0.2, -0.15) is 0 Å². The molecular formula is C6H9Cl3O2. The number of aliphatic hydroxyl groups is 2. The van der Waals surface area contributed by atoms with Crippen molar-refractivity contribution in [1.29, 1.82) is 0 Å². The van der Waals surface area contributed by atoms with E-state index in [4.69, 9.17) is 45.0 Å². The zero-order chi connectivity index (χ0) is 8.85. The number of halogens is 3. The highest BCUT2D eigenvalue weighted by atomic mass is 35.5. The molecule has 0 heterocycles. The lowest BCUT2D eigenvalue weighted by atomic mass is 10.2. The monoisotopic (exact) mass is 218 g/mol. The van der Waals surface area contributed by atoms with Crippen molar-refractivity contribution >= 4 is 34.8 Å². The van der Waals surface area contributed by atoms with Crippen LogP contribution in [-0.4, -0.2) is 26.8 Å². The van der Waals surface area contributed by atoms with Crippen molar-refractivity contribution in [1.82, 2.24) is 0 Å². The number of alkyl halides is 3. The van der Waals surface area contributed by atoms with Gasteiger partial charge < -0.3 is 10.2 Å². The highest BCUT2D eigenvalue weighted by molar-refractivity contribution is 6.31. The van der Waals surface area contributed by atoms with Crippen LogP contribution in [0.4, 0.5) is 0 Å². The summed E-state index contributed by atoms with van der Waals surface area (Å²) >= 11 is 16.7. The van der Waals surface area contributed by atoms with E-state index >= 15 is 0 Å².